The maximum Gasteiger partial charge on any atom is 0.195 e. The van der Waals surface area contributed by atoms with Crippen LogP contribution in [0.15, 0.2) is 121 Å². The second-order valence-electron chi connectivity index (χ2n) is 10.7. The fourth-order valence-electron chi connectivity index (χ4n) is 6.63. The summed E-state index contributed by atoms with van der Waals surface area (Å²) in [7, 11) is 0. The van der Waals surface area contributed by atoms with Crippen molar-refractivity contribution in [2.24, 2.45) is 0 Å². The molecule has 2 nitrogen and oxygen atoms in total. The van der Waals surface area contributed by atoms with Crippen LogP contribution in [0.3, 0.4) is 0 Å². The zero-order valence-electron chi connectivity index (χ0n) is 22.2. The SMILES string of the molecule is c1ccc(-c2cc3sc4ccccc4c3c3sc(-n4c5ccccc5c5c6sc7ccccc7c6ccc54)nc23)cc1. The van der Waals surface area contributed by atoms with E-state index in [1.807, 2.05) is 34.0 Å². The van der Waals surface area contributed by atoms with E-state index >= 15 is 0 Å². The van der Waals surface area contributed by atoms with Crippen molar-refractivity contribution >= 4 is 106 Å². The highest BCUT2D eigenvalue weighted by Gasteiger charge is 2.22. The normalized spacial score (nSPS) is 12.3. The van der Waals surface area contributed by atoms with Crippen LogP contribution in [-0.4, -0.2) is 9.55 Å². The number of thiophene rings is 2. The van der Waals surface area contributed by atoms with E-state index < -0.39 is 0 Å². The van der Waals surface area contributed by atoms with Gasteiger partial charge in [-0.25, -0.2) is 4.98 Å². The lowest BCUT2D eigenvalue weighted by Gasteiger charge is -2.04. The molecule has 4 aromatic heterocycles. The number of fused-ring (bicyclic) bond motifs is 12. The Morgan fingerprint density at radius 2 is 1.19 bits per heavy atom. The Hall–Kier alpha value is -4.55. The molecule has 42 heavy (non-hydrogen) atoms. The molecule has 0 radical (unpaired) electrons. The van der Waals surface area contributed by atoms with Crippen molar-refractivity contribution < 1.29 is 0 Å². The molecule has 0 bridgehead atoms. The van der Waals surface area contributed by atoms with E-state index in [1.165, 1.54) is 78.0 Å². The summed E-state index contributed by atoms with van der Waals surface area (Å²) < 4.78 is 8.96. The van der Waals surface area contributed by atoms with Crippen molar-refractivity contribution in [3.63, 3.8) is 0 Å². The summed E-state index contributed by atoms with van der Waals surface area (Å²) in [5.74, 6) is 0. The Bertz CT molecular complexity index is 2690. The van der Waals surface area contributed by atoms with Gasteiger partial charge in [-0.15, -0.1) is 22.7 Å². The van der Waals surface area contributed by atoms with Gasteiger partial charge in [0.15, 0.2) is 5.13 Å². The van der Waals surface area contributed by atoms with E-state index in [2.05, 4.69) is 126 Å². The number of benzene rings is 6. The highest BCUT2D eigenvalue weighted by Crippen LogP contribution is 2.47. The molecule has 0 fully saturated rings. The first-order valence-corrected chi connectivity index (χ1v) is 16.4. The second kappa shape index (κ2) is 8.49. The van der Waals surface area contributed by atoms with Crippen LogP contribution in [0.5, 0.6) is 0 Å². The van der Waals surface area contributed by atoms with E-state index in [0.717, 1.165) is 10.6 Å². The smallest absolute Gasteiger partial charge is 0.195 e. The molecule has 0 unspecified atom stereocenters. The summed E-state index contributed by atoms with van der Waals surface area (Å²) in [5.41, 5.74) is 5.88. The number of rotatable bonds is 2. The summed E-state index contributed by atoms with van der Waals surface area (Å²) in [6.07, 6.45) is 0. The minimum Gasteiger partial charge on any atom is -0.285 e. The molecule has 0 aliphatic rings. The topological polar surface area (TPSA) is 17.8 Å². The van der Waals surface area contributed by atoms with Gasteiger partial charge in [-0.2, -0.15) is 0 Å². The molecule has 0 saturated carbocycles. The Morgan fingerprint density at radius 1 is 0.476 bits per heavy atom. The Morgan fingerprint density at radius 3 is 2.05 bits per heavy atom. The van der Waals surface area contributed by atoms with Crippen molar-refractivity contribution in [1.82, 2.24) is 9.55 Å². The van der Waals surface area contributed by atoms with E-state index in [-0.39, 0.29) is 0 Å². The zero-order valence-corrected chi connectivity index (χ0v) is 24.6. The number of aromatic nitrogens is 2. The lowest BCUT2D eigenvalue weighted by molar-refractivity contribution is 1.15. The average Bonchev–Trinajstić information content (AvgIpc) is 3.80. The monoisotopic (exact) mass is 588 g/mol. The minimum atomic E-state index is 1.01. The molecule has 0 spiro atoms. The predicted molar refractivity (Wildman–Crippen MR) is 185 cm³/mol. The summed E-state index contributed by atoms with van der Waals surface area (Å²) in [4.78, 5) is 5.48. The molecule has 0 saturated heterocycles. The van der Waals surface area contributed by atoms with Gasteiger partial charge < -0.3 is 0 Å². The highest BCUT2D eigenvalue weighted by molar-refractivity contribution is 7.28. The average molecular weight is 589 g/mol. The molecule has 10 aromatic rings. The van der Waals surface area contributed by atoms with E-state index in [9.17, 15) is 0 Å². The summed E-state index contributed by atoms with van der Waals surface area (Å²) in [6.45, 7) is 0. The van der Waals surface area contributed by atoms with Crippen LogP contribution in [0.2, 0.25) is 0 Å². The summed E-state index contributed by atoms with van der Waals surface area (Å²) in [5, 5.41) is 8.89. The molecule has 4 heterocycles. The predicted octanol–water partition coefficient (Wildman–Crippen LogP) is 11.8. The molecule has 0 N–H and O–H groups in total. The molecule has 5 heteroatoms. The minimum absolute atomic E-state index is 1.01. The molecule has 6 aromatic carbocycles. The number of nitrogens with zero attached hydrogens (tertiary/aromatic N) is 2. The molecule has 10 rings (SSSR count). The number of thiazole rings is 1. The maximum atomic E-state index is 5.48. The number of hydrogen-bond acceptors (Lipinski definition) is 4. The molecule has 196 valence electrons. The molecule has 0 amide bonds. The number of para-hydroxylation sites is 1. The van der Waals surface area contributed by atoms with Crippen molar-refractivity contribution in [3.05, 3.63) is 121 Å². The lowest BCUT2D eigenvalue weighted by atomic mass is 10.0. The van der Waals surface area contributed by atoms with Gasteiger partial charge >= 0.3 is 0 Å². The first-order chi connectivity index (χ1) is 20.8. The van der Waals surface area contributed by atoms with Crippen LogP contribution < -0.4 is 0 Å². The van der Waals surface area contributed by atoms with Gasteiger partial charge in [0.25, 0.3) is 0 Å². The van der Waals surface area contributed by atoms with Gasteiger partial charge in [-0.3, -0.25) is 4.57 Å². The largest absolute Gasteiger partial charge is 0.285 e. The van der Waals surface area contributed by atoms with E-state index in [4.69, 9.17) is 4.98 Å². The second-order valence-corrected chi connectivity index (χ2v) is 13.8. The van der Waals surface area contributed by atoms with Gasteiger partial charge in [0.05, 0.1) is 21.3 Å². The van der Waals surface area contributed by atoms with E-state index in [0.29, 0.717) is 0 Å². The van der Waals surface area contributed by atoms with Crippen LogP contribution in [0.25, 0.3) is 88.6 Å². The Kier molecular flexibility index (Phi) is 4.66. The summed E-state index contributed by atoms with van der Waals surface area (Å²) >= 11 is 5.58. The first kappa shape index (κ1) is 23.1. The van der Waals surface area contributed by atoms with Crippen molar-refractivity contribution in [1.29, 1.82) is 0 Å². The quantitative estimate of drug-likeness (QED) is 0.196. The van der Waals surface area contributed by atoms with Crippen molar-refractivity contribution in [2.75, 3.05) is 0 Å². The molecular formula is C37H20N2S3. The third-order valence-electron chi connectivity index (χ3n) is 8.45. The van der Waals surface area contributed by atoms with Gasteiger partial charge in [0.2, 0.25) is 0 Å². The van der Waals surface area contributed by atoms with Crippen LogP contribution in [-0.2, 0) is 0 Å². The van der Waals surface area contributed by atoms with Crippen molar-refractivity contribution in [2.45, 2.75) is 0 Å². The molecule has 0 aliphatic carbocycles. The maximum absolute atomic E-state index is 5.48. The standard InChI is InChI=1S/C37H20N2S3/c1-2-10-21(11-3-1)26-20-31-33(25-14-6-9-17-30(25)40-31)36-34(26)38-37(42-36)39-27-15-7-4-13-24(27)32-28(39)19-18-23-22-12-5-8-16-29(22)41-35(23)32/h1-20H. The van der Waals surface area contributed by atoms with Crippen LogP contribution in [0.4, 0.5) is 0 Å². The van der Waals surface area contributed by atoms with Gasteiger partial charge in [-0.1, -0.05) is 102 Å². The zero-order chi connectivity index (χ0) is 27.4. The fraction of sp³-hybridized carbons (Fsp3) is 0. The third-order valence-corrected chi connectivity index (χ3v) is 11.8. The van der Waals surface area contributed by atoms with Crippen LogP contribution in [0.1, 0.15) is 0 Å². The van der Waals surface area contributed by atoms with Gasteiger partial charge in [0, 0.05) is 56.7 Å². The van der Waals surface area contributed by atoms with Crippen LogP contribution in [0, 0.1) is 0 Å². The van der Waals surface area contributed by atoms with E-state index in [1.54, 1.807) is 0 Å². The third kappa shape index (κ3) is 3.05. The first-order valence-electron chi connectivity index (χ1n) is 14.0. The fourth-order valence-corrected chi connectivity index (χ4v) is 10.3. The molecule has 0 aliphatic heterocycles. The lowest BCUT2D eigenvalue weighted by Crippen LogP contribution is -1.92. The Labute approximate surface area is 252 Å². The van der Waals surface area contributed by atoms with Gasteiger partial charge in [0.1, 0.15) is 0 Å². The van der Waals surface area contributed by atoms with Crippen LogP contribution >= 0.6 is 34.0 Å². The molecule has 0 atom stereocenters. The molecular weight excluding hydrogens is 569 g/mol. The Balaban J connectivity index is 1.36. The number of hydrogen-bond donors (Lipinski definition) is 0. The summed E-state index contributed by atoms with van der Waals surface area (Å²) in [6, 6.07) is 44.0. The van der Waals surface area contributed by atoms with Gasteiger partial charge in [-0.05, 0) is 35.9 Å². The highest BCUT2D eigenvalue weighted by atomic mass is 32.1. The van der Waals surface area contributed by atoms with Crippen molar-refractivity contribution in [3.8, 4) is 16.3 Å².